The predicted molar refractivity (Wildman–Crippen MR) is 78.2 cm³/mol. The Kier molecular flexibility index (Phi) is 5.02. The van der Waals surface area contributed by atoms with E-state index in [0.717, 1.165) is 19.6 Å². The molecule has 1 N–H and O–H groups in total. The molecule has 1 aromatic carbocycles. The molecule has 1 atom stereocenters. The Morgan fingerprint density at radius 3 is 2.39 bits per heavy atom. The smallest absolute Gasteiger partial charge is 0.0367 e. The van der Waals surface area contributed by atoms with Crippen molar-refractivity contribution in [1.82, 2.24) is 10.2 Å². The van der Waals surface area contributed by atoms with Gasteiger partial charge in [0.1, 0.15) is 0 Å². The van der Waals surface area contributed by atoms with Crippen molar-refractivity contribution in [3.05, 3.63) is 30.3 Å². The van der Waals surface area contributed by atoms with Crippen LogP contribution < -0.4 is 10.2 Å². The molecule has 1 heterocycles. The fraction of sp³-hybridized carbons (Fsp3) is 0.600. The number of piperazine rings is 1. The van der Waals surface area contributed by atoms with E-state index in [-0.39, 0.29) is 0 Å². The van der Waals surface area contributed by atoms with E-state index in [4.69, 9.17) is 0 Å². The maximum absolute atomic E-state index is 3.24. The molecule has 1 aromatic rings. The van der Waals surface area contributed by atoms with E-state index in [1.54, 1.807) is 0 Å². The van der Waals surface area contributed by atoms with Crippen molar-refractivity contribution >= 4 is 5.69 Å². The van der Waals surface area contributed by atoms with Crippen LogP contribution in [0.4, 0.5) is 5.69 Å². The summed E-state index contributed by atoms with van der Waals surface area (Å²) < 4.78 is 0. The van der Waals surface area contributed by atoms with Crippen molar-refractivity contribution in [1.29, 1.82) is 0 Å². The molecule has 1 saturated heterocycles. The summed E-state index contributed by atoms with van der Waals surface area (Å²) >= 11 is 0. The number of hydrogen-bond acceptors (Lipinski definition) is 3. The molecule has 18 heavy (non-hydrogen) atoms. The van der Waals surface area contributed by atoms with Crippen molar-refractivity contribution < 1.29 is 0 Å². The van der Waals surface area contributed by atoms with Gasteiger partial charge in [0.05, 0.1) is 0 Å². The third kappa shape index (κ3) is 3.47. The van der Waals surface area contributed by atoms with E-state index < -0.39 is 0 Å². The summed E-state index contributed by atoms with van der Waals surface area (Å²) in [4.78, 5) is 5.10. The molecule has 1 unspecified atom stereocenters. The van der Waals surface area contributed by atoms with Gasteiger partial charge in [-0.2, -0.15) is 0 Å². The average molecular weight is 247 g/mol. The van der Waals surface area contributed by atoms with Gasteiger partial charge in [-0.15, -0.1) is 0 Å². The molecule has 1 aliphatic rings. The Morgan fingerprint density at radius 1 is 1.11 bits per heavy atom. The minimum Gasteiger partial charge on any atom is -0.369 e. The first kappa shape index (κ1) is 13.4. The molecule has 3 heteroatoms. The molecular weight excluding hydrogens is 222 g/mol. The first-order valence-electron chi connectivity index (χ1n) is 7.00. The lowest BCUT2D eigenvalue weighted by molar-refractivity contribution is 0.188. The molecule has 1 aliphatic heterocycles. The Hall–Kier alpha value is -1.06. The molecule has 0 saturated carbocycles. The molecule has 0 amide bonds. The summed E-state index contributed by atoms with van der Waals surface area (Å²) in [5.41, 5.74) is 1.36. The van der Waals surface area contributed by atoms with Crippen LogP contribution in [0.3, 0.4) is 0 Å². The quantitative estimate of drug-likeness (QED) is 0.856. The van der Waals surface area contributed by atoms with E-state index in [1.807, 2.05) is 7.05 Å². The van der Waals surface area contributed by atoms with Crippen LogP contribution in [0.25, 0.3) is 0 Å². The number of nitrogens with one attached hydrogen (secondary N) is 1. The first-order valence-corrected chi connectivity index (χ1v) is 7.00. The van der Waals surface area contributed by atoms with Crippen LogP contribution in [0.1, 0.15) is 13.3 Å². The number of benzene rings is 1. The van der Waals surface area contributed by atoms with Gasteiger partial charge >= 0.3 is 0 Å². The van der Waals surface area contributed by atoms with Crippen molar-refractivity contribution in [2.45, 2.75) is 19.4 Å². The largest absolute Gasteiger partial charge is 0.369 e. The number of hydrogen-bond donors (Lipinski definition) is 1. The average Bonchev–Trinajstić information content (AvgIpc) is 2.46. The van der Waals surface area contributed by atoms with E-state index >= 15 is 0 Å². The normalized spacial score (nSPS) is 18.9. The molecule has 0 aliphatic carbocycles. The maximum atomic E-state index is 3.24. The monoisotopic (exact) mass is 247 g/mol. The fourth-order valence-electron chi connectivity index (χ4n) is 2.60. The fourth-order valence-corrected chi connectivity index (χ4v) is 2.60. The van der Waals surface area contributed by atoms with E-state index in [1.165, 1.54) is 25.2 Å². The minimum absolute atomic E-state index is 0.690. The topological polar surface area (TPSA) is 18.5 Å². The highest BCUT2D eigenvalue weighted by atomic mass is 15.3. The summed E-state index contributed by atoms with van der Waals surface area (Å²) in [5, 5.41) is 3.24. The van der Waals surface area contributed by atoms with Crippen molar-refractivity contribution in [3.8, 4) is 0 Å². The lowest BCUT2D eigenvalue weighted by atomic mass is 10.1. The lowest BCUT2D eigenvalue weighted by Gasteiger charge is -2.39. The highest BCUT2D eigenvalue weighted by Gasteiger charge is 2.20. The lowest BCUT2D eigenvalue weighted by Crippen LogP contribution is -2.50. The van der Waals surface area contributed by atoms with Gasteiger partial charge < -0.3 is 10.2 Å². The van der Waals surface area contributed by atoms with Gasteiger partial charge in [-0.3, -0.25) is 4.90 Å². The number of para-hydroxylation sites is 1. The molecule has 100 valence electrons. The Balaban J connectivity index is 1.81. The van der Waals surface area contributed by atoms with E-state index in [2.05, 4.69) is 52.4 Å². The second-order valence-corrected chi connectivity index (χ2v) is 5.10. The van der Waals surface area contributed by atoms with Crippen LogP contribution in [-0.4, -0.2) is 50.7 Å². The van der Waals surface area contributed by atoms with Crippen molar-refractivity contribution in [2.24, 2.45) is 0 Å². The zero-order chi connectivity index (χ0) is 12.8. The summed E-state index contributed by atoms with van der Waals surface area (Å²) in [6.07, 6.45) is 1.24. The molecule has 2 rings (SSSR count). The summed E-state index contributed by atoms with van der Waals surface area (Å²) in [6, 6.07) is 11.4. The van der Waals surface area contributed by atoms with Crippen LogP contribution in [0.5, 0.6) is 0 Å². The minimum atomic E-state index is 0.690. The highest BCUT2D eigenvalue weighted by Crippen LogP contribution is 2.17. The zero-order valence-electron chi connectivity index (χ0n) is 11.6. The molecule has 0 bridgehead atoms. The van der Waals surface area contributed by atoms with Crippen molar-refractivity contribution in [3.63, 3.8) is 0 Å². The van der Waals surface area contributed by atoms with Gasteiger partial charge in [-0.05, 0) is 39.1 Å². The van der Waals surface area contributed by atoms with Crippen LogP contribution in [0.15, 0.2) is 30.3 Å². The highest BCUT2D eigenvalue weighted by molar-refractivity contribution is 5.46. The van der Waals surface area contributed by atoms with Crippen LogP contribution in [0.2, 0.25) is 0 Å². The summed E-state index contributed by atoms with van der Waals surface area (Å²) in [6.45, 7) is 8.11. The van der Waals surface area contributed by atoms with Gasteiger partial charge in [0, 0.05) is 37.9 Å². The number of nitrogens with zero attached hydrogens (tertiary/aromatic N) is 2. The predicted octanol–water partition coefficient (Wildman–Crippen LogP) is 1.81. The zero-order valence-corrected chi connectivity index (χ0v) is 11.6. The van der Waals surface area contributed by atoms with E-state index in [0.29, 0.717) is 6.04 Å². The van der Waals surface area contributed by atoms with Gasteiger partial charge in [0.2, 0.25) is 0 Å². The molecule has 0 aromatic heterocycles. The summed E-state index contributed by atoms with van der Waals surface area (Å²) in [5.74, 6) is 0. The third-order valence-electron chi connectivity index (χ3n) is 3.87. The Bertz CT molecular complexity index is 331. The van der Waals surface area contributed by atoms with Gasteiger partial charge in [0.15, 0.2) is 0 Å². The first-order chi connectivity index (χ1) is 8.81. The van der Waals surface area contributed by atoms with Crippen LogP contribution >= 0.6 is 0 Å². The molecule has 3 nitrogen and oxygen atoms in total. The molecule has 0 spiro atoms. The SMILES string of the molecule is CNCCC(C)N1CCN(c2ccccc2)CC1. The van der Waals surface area contributed by atoms with Crippen LogP contribution in [-0.2, 0) is 0 Å². The van der Waals surface area contributed by atoms with Gasteiger partial charge in [-0.1, -0.05) is 18.2 Å². The molecular formula is C15H25N3. The number of rotatable bonds is 5. The van der Waals surface area contributed by atoms with Crippen LogP contribution in [0, 0.1) is 0 Å². The maximum Gasteiger partial charge on any atom is 0.0367 e. The Labute approximate surface area is 111 Å². The second-order valence-electron chi connectivity index (χ2n) is 5.10. The molecule has 0 radical (unpaired) electrons. The number of anilines is 1. The summed E-state index contributed by atoms with van der Waals surface area (Å²) in [7, 11) is 2.03. The van der Waals surface area contributed by atoms with E-state index in [9.17, 15) is 0 Å². The van der Waals surface area contributed by atoms with Crippen molar-refractivity contribution in [2.75, 3.05) is 44.7 Å². The Morgan fingerprint density at radius 2 is 1.78 bits per heavy atom. The second kappa shape index (κ2) is 6.76. The third-order valence-corrected chi connectivity index (χ3v) is 3.87. The van der Waals surface area contributed by atoms with Gasteiger partial charge in [-0.25, -0.2) is 0 Å². The van der Waals surface area contributed by atoms with Gasteiger partial charge in [0.25, 0.3) is 0 Å². The molecule has 1 fully saturated rings. The standard InChI is InChI=1S/C15H25N3/c1-14(8-9-16-2)17-10-12-18(13-11-17)15-6-4-3-5-7-15/h3-7,14,16H,8-13H2,1-2H3.